The molecule has 0 amide bonds. The summed E-state index contributed by atoms with van der Waals surface area (Å²) >= 11 is 0. The van der Waals surface area contributed by atoms with Crippen molar-refractivity contribution < 1.29 is 0 Å². The molecular weight excluding hydrogens is 208 g/mol. The van der Waals surface area contributed by atoms with Gasteiger partial charge >= 0.3 is 0 Å². The molecule has 1 fully saturated rings. The Bertz CT molecular complexity index is 344. The maximum atomic E-state index is 3.47. The summed E-state index contributed by atoms with van der Waals surface area (Å²) in [7, 11) is 2.22. The Morgan fingerprint density at radius 2 is 1.94 bits per heavy atom. The van der Waals surface area contributed by atoms with E-state index in [-0.39, 0.29) is 0 Å². The van der Waals surface area contributed by atoms with E-state index in [4.69, 9.17) is 0 Å². The van der Waals surface area contributed by atoms with Crippen molar-refractivity contribution in [2.75, 3.05) is 32.0 Å². The van der Waals surface area contributed by atoms with Gasteiger partial charge in [0.1, 0.15) is 0 Å². The molecule has 2 rings (SSSR count). The topological polar surface area (TPSA) is 15.3 Å². The molecule has 0 radical (unpaired) electrons. The standard InChI is InChI=1S/C15H24N2/c1-12-4-6-15(7-5-12)16-8-9-17(3)11-14-10-13(14)2/h4-7,13-14,16H,8-11H2,1-3H3. The van der Waals surface area contributed by atoms with Crippen LogP contribution in [0, 0.1) is 18.8 Å². The van der Waals surface area contributed by atoms with Crippen molar-refractivity contribution in [2.45, 2.75) is 20.3 Å². The second-order valence-electron chi connectivity index (χ2n) is 5.53. The molecule has 1 saturated carbocycles. The number of benzene rings is 1. The van der Waals surface area contributed by atoms with E-state index in [9.17, 15) is 0 Å². The Balaban J connectivity index is 1.63. The second kappa shape index (κ2) is 5.54. The summed E-state index contributed by atoms with van der Waals surface area (Å²) in [6, 6.07) is 8.60. The summed E-state index contributed by atoms with van der Waals surface area (Å²) in [6.07, 6.45) is 1.43. The van der Waals surface area contributed by atoms with Crippen molar-refractivity contribution in [3.8, 4) is 0 Å². The zero-order valence-electron chi connectivity index (χ0n) is 11.2. The van der Waals surface area contributed by atoms with Crippen molar-refractivity contribution in [1.29, 1.82) is 0 Å². The lowest BCUT2D eigenvalue weighted by Crippen LogP contribution is -2.27. The van der Waals surface area contributed by atoms with Crippen LogP contribution >= 0.6 is 0 Å². The third kappa shape index (κ3) is 4.04. The summed E-state index contributed by atoms with van der Waals surface area (Å²) in [5.74, 6) is 1.92. The van der Waals surface area contributed by atoms with E-state index in [1.165, 1.54) is 24.2 Å². The van der Waals surface area contributed by atoms with Gasteiger partial charge in [-0.15, -0.1) is 0 Å². The number of rotatable bonds is 6. The van der Waals surface area contributed by atoms with Crippen molar-refractivity contribution in [3.05, 3.63) is 29.8 Å². The Morgan fingerprint density at radius 1 is 1.29 bits per heavy atom. The number of nitrogens with zero attached hydrogens (tertiary/aromatic N) is 1. The predicted octanol–water partition coefficient (Wildman–Crippen LogP) is 2.99. The Kier molecular flexibility index (Phi) is 4.06. The minimum absolute atomic E-state index is 0.958. The lowest BCUT2D eigenvalue weighted by Gasteiger charge is -2.17. The van der Waals surface area contributed by atoms with Crippen LogP contribution in [0.3, 0.4) is 0 Å². The van der Waals surface area contributed by atoms with E-state index >= 15 is 0 Å². The first-order valence-corrected chi connectivity index (χ1v) is 6.64. The average molecular weight is 232 g/mol. The highest BCUT2D eigenvalue weighted by molar-refractivity contribution is 5.44. The molecule has 17 heavy (non-hydrogen) atoms. The molecule has 0 aromatic heterocycles. The molecule has 2 nitrogen and oxygen atoms in total. The van der Waals surface area contributed by atoms with Crippen LogP contribution in [-0.4, -0.2) is 31.6 Å². The van der Waals surface area contributed by atoms with Gasteiger partial charge in [-0.05, 0) is 44.4 Å². The van der Waals surface area contributed by atoms with E-state index in [2.05, 4.69) is 55.4 Å². The molecule has 2 atom stereocenters. The van der Waals surface area contributed by atoms with E-state index < -0.39 is 0 Å². The maximum Gasteiger partial charge on any atom is 0.0340 e. The van der Waals surface area contributed by atoms with Crippen molar-refractivity contribution in [1.82, 2.24) is 4.90 Å². The summed E-state index contributed by atoms with van der Waals surface area (Å²) in [6.45, 7) is 7.88. The van der Waals surface area contributed by atoms with E-state index in [1.807, 2.05) is 0 Å². The first kappa shape index (κ1) is 12.4. The first-order chi connectivity index (χ1) is 8.15. The fourth-order valence-corrected chi connectivity index (χ4v) is 2.21. The van der Waals surface area contributed by atoms with Crippen LogP contribution in [0.2, 0.25) is 0 Å². The molecule has 0 bridgehead atoms. The average Bonchev–Trinajstić information content (AvgIpc) is 2.97. The van der Waals surface area contributed by atoms with Gasteiger partial charge < -0.3 is 10.2 Å². The molecule has 0 aliphatic heterocycles. The fourth-order valence-electron chi connectivity index (χ4n) is 2.21. The molecule has 1 N–H and O–H groups in total. The predicted molar refractivity (Wildman–Crippen MR) is 74.4 cm³/mol. The maximum absolute atomic E-state index is 3.47. The van der Waals surface area contributed by atoms with Gasteiger partial charge in [-0.25, -0.2) is 0 Å². The summed E-state index contributed by atoms with van der Waals surface area (Å²) in [5, 5.41) is 3.47. The number of aryl methyl sites for hydroxylation is 1. The smallest absolute Gasteiger partial charge is 0.0340 e. The molecule has 1 aliphatic rings. The van der Waals surface area contributed by atoms with E-state index in [0.29, 0.717) is 0 Å². The molecule has 2 unspecified atom stereocenters. The van der Waals surface area contributed by atoms with E-state index in [0.717, 1.165) is 24.9 Å². The SMILES string of the molecule is Cc1ccc(NCCN(C)CC2CC2C)cc1. The fraction of sp³-hybridized carbons (Fsp3) is 0.600. The van der Waals surface area contributed by atoms with Crippen LogP contribution in [0.15, 0.2) is 24.3 Å². The monoisotopic (exact) mass is 232 g/mol. The lowest BCUT2D eigenvalue weighted by molar-refractivity contribution is 0.326. The van der Waals surface area contributed by atoms with Gasteiger partial charge in [0.15, 0.2) is 0 Å². The highest BCUT2D eigenvalue weighted by Crippen LogP contribution is 2.37. The van der Waals surface area contributed by atoms with Crippen LogP contribution in [0.4, 0.5) is 5.69 Å². The van der Waals surface area contributed by atoms with Gasteiger partial charge in [-0.2, -0.15) is 0 Å². The number of likely N-dealkylation sites (N-methyl/N-ethyl adjacent to an activating group) is 1. The largest absolute Gasteiger partial charge is 0.384 e. The van der Waals surface area contributed by atoms with Gasteiger partial charge in [0.25, 0.3) is 0 Å². The minimum Gasteiger partial charge on any atom is -0.384 e. The van der Waals surface area contributed by atoms with Crippen LogP contribution in [-0.2, 0) is 0 Å². The third-order valence-electron chi connectivity index (χ3n) is 3.70. The van der Waals surface area contributed by atoms with Crippen LogP contribution in [0.25, 0.3) is 0 Å². The highest BCUT2D eigenvalue weighted by Gasteiger charge is 2.32. The van der Waals surface area contributed by atoms with Crippen LogP contribution < -0.4 is 5.32 Å². The quantitative estimate of drug-likeness (QED) is 0.811. The highest BCUT2D eigenvalue weighted by atomic mass is 15.1. The Morgan fingerprint density at radius 3 is 2.53 bits per heavy atom. The van der Waals surface area contributed by atoms with Gasteiger partial charge in [-0.1, -0.05) is 24.6 Å². The number of hydrogen-bond donors (Lipinski definition) is 1. The van der Waals surface area contributed by atoms with Crippen molar-refractivity contribution in [3.63, 3.8) is 0 Å². The summed E-state index contributed by atoms with van der Waals surface area (Å²) in [5.41, 5.74) is 2.54. The molecule has 0 heterocycles. The van der Waals surface area contributed by atoms with E-state index in [1.54, 1.807) is 0 Å². The molecule has 1 aromatic rings. The zero-order chi connectivity index (χ0) is 12.3. The van der Waals surface area contributed by atoms with Gasteiger partial charge in [0.05, 0.1) is 0 Å². The number of hydrogen-bond acceptors (Lipinski definition) is 2. The number of nitrogens with one attached hydrogen (secondary N) is 1. The Labute approximate surface area is 105 Å². The first-order valence-electron chi connectivity index (χ1n) is 6.64. The Hall–Kier alpha value is -1.02. The lowest BCUT2D eigenvalue weighted by atomic mass is 10.2. The molecule has 0 saturated heterocycles. The summed E-state index contributed by atoms with van der Waals surface area (Å²) < 4.78 is 0. The molecule has 1 aromatic carbocycles. The minimum atomic E-state index is 0.958. The van der Waals surface area contributed by atoms with Crippen molar-refractivity contribution in [2.24, 2.45) is 11.8 Å². The van der Waals surface area contributed by atoms with Crippen LogP contribution in [0.5, 0.6) is 0 Å². The number of anilines is 1. The molecule has 0 spiro atoms. The van der Waals surface area contributed by atoms with Gasteiger partial charge in [-0.3, -0.25) is 0 Å². The third-order valence-corrected chi connectivity index (χ3v) is 3.70. The summed E-state index contributed by atoms with van der Waals surface area (Å²) in [4.78, 5) is 2.44. The second-order valence-corrected chi connectivity index (χ2v) is 5.53. The molecular formula is C15H24N2. The van der Waals surface area contributed by atoms with Crippen molar-refractivity contribution >= 4 is 5.69 Å². The zero-order valence-corrected chi connectivity index (χ0v) is 11.2. The molecule has 2 heteroatoms. The molecule has 94 valence electrons. The van der Waals surface area contributed by atoms with Gasteiger partial charge in [0.2, 0.25) is 0 Å². The van der Waals surface area contributed by atoms with Gasteiger partial charge in [0, 0.05) is 25.3 Å². The van der Waals surface area contributed by atoms with Crippen LogP contribution in [0.1, 0.15) is 18.9 Å². The normalized spacial score (nSPS) is 22.8. The molecule has 1 aliphatic carbocycles.